The van der Waals surface area contributed by atoms with E-state index in [1.807, 2.05) is 12.1 Å². The van der Waals surface area contributed by atoms with E-state index in [4.69, 9.17) is 0 Å². The van der Waals surface area contributed by atoms with Gasteiger partial charge >= 0.3 is 0 Å². The molecule has 2 unspecified atom stereocenters. The Morgan fingerprint density at radius 1 is 1.33 bits per heavy atom. The van der Waals surface area contributed by atoms with Gasteiger partial charge in [-0.05, 0) is 56.8 Å². The van der Waals surface area contributed by atoms with Crippen molar-refractivity contribution in [2.75, 3.05) is 11.4 Å². The molecule has 21 heavy (non-hydrogen) atoms. The zero-order valence-corrected chi connectivity index (χ0v) is 14.1. The normalized spacial score (nSPS) is 28.2. The molecule has 112 valence electrons. The second kappa shape index (κ2) is 6.37. The summed E-state index contributed by atoms with van der Waals surface area (Å²) < 4.78 is 1.06. The Morgan fingerprint density at radius 2 is 2.05 bits per heavy atom. The van der Waals surface area contributed by atoms with Gasteiger partial charge in [0.15, 0.2) is 0 Å². The first-order valence-electron chi connectivity index (χ1n) is 7.94. The van der Waals surface area contributed by atoms with Gasteiger partial charge in [-0.3, -0.25) is 0 Å². The highest BCUT2D eigenvalue weighted by molar-refractivity contribution is 9.10. The highest BCUT2D eigenvalue weighted by atomic mass is 79.9. The van der Waals surface area contributed by atoms with Gasteiger partial charge < -0.3 is 10.2 Å². The molecule has 2 bridgehead atoms. The third-order valence-corrected chi connectivity index (χ3v) is 5.32. The summed E-state index contributed by atoms with van der Waals surface area (Å²) >= 11 is 3.56. The zero-order valence-electron chi connectivity index (χ0n) is 12.5. The second-order valence-corrected chi connectivity index (χ2v) is 7.06. The van der Waals surface area contributed by atoms with E-state index in [9.17, 15) is 5.26 Å². The largest absolute Gasteiger partial charge is 0.364 e. The summed E-state index contributed by atoms with van der Waals surface area (Å²) in [5.74, 6) is 0. The van der Waals surface area contributed by atoms with Crippen LogP contribution in [0.15, 0.2) is 22.7 Å². The van der Waals surface area contributed by atoms with Gasteiger partial charge in [-0.15, -0.1) is 0 Å². The predicted molar refractivity (Wildman–Crippen MR) is 89.5 cm³/mol. The summed E-state index contributed by atoms with van der Waals surface area (Å²) in [6.07, 6.45) is 6.20. The molecule has 3 rings (SSSR count). The van der Waals surface area contributed by atoms with Crippen molar-refractivity contribution < 1.29 is 0 Å². The van der Waals surface area contributed by atoms with Crippen LogP contribution in [0.3, 0.4) is 0 Å². The van der Waals surface area contributed by atoms with Gasteiger partial charge in [0, 0.05) is 22.6 Å². The number of halogens is 1. The van der Waals surface area contributed by atoms with Gasteiger partial charge in [0.2, 0.25) is 0 Å². The van der Waals surface area contributed by atoms with Crippen LogP contribution in [0.5, 0.6) is 0 Å². The highest BCUT2D eigenvalue weighted by Gasteiger charge is 2.38. The van der Waals surface area contributed by atoms with Crippen molar-refractivity contribution in [3.05, 3.63) is 28.2 Å². The first-order chi connectivity index (χ1) is 10.2. The first-order valence-corrected chi connectivity index (χ1v) is 8.73. The molecule has 2 saturated heterocycles. The molecule has 0 radical (unpaired) electrons. The average Bonchev–Trinajstić information content (AvgIpc) is 2.46. The summed E-state index contributed by atoms with van der Waals surface area (Å²) in [7, 11) is 0. The quantitative estimate of drug-likeness (QED) is 0.903. The van der Waals surface area contributed by atoms with Crippen molar-refractivity contribution in [2.24, 2.45) is 0 Å². The molecule has 1 aromatic rings. The van der Waals surface area contributed by atoms with Gasteiger partial charge in [0.05, 0.1) is 11.3 Å². The maximum atomic E-state index is 9.44. The van der Waals surface area contributed by atoms with Crippen LogP contribution in [-0.4, -0.2) is 24.7 Å². The minimum absolute atomic E-state index is 0.572. The number of benzene rings is 1. The third-order valence-electron chi connectivity index (χ3n) is 4.83. The fourth-order valence-electron chi connectivity index (χ4n) is 4.04. The fraction of sp³-hybridized carbons (Fsp3) is 0.588. The lowest BCUT2D eigenvalue weighted by Crippen LogP contribution is -2.56. The van der Waals surface area contributed by atoms with Gasteiger partial charge in [0.1, 0.15) is 6.07 Å². The summed E-state index contributed by atoms with van der Waals surface area (Å²) in [5.41, 5.74) is 1.92. The molecule has 2 fully saturated rings. The maximum absolute atomic E-state index is 9.44. The van der Waals surface area contributed by atoms with Crippen LogP contribution in [0.2, 0.25) is 0 Å². The molecule has 1 aromatic carbocycles. The Hall–Kier alpha value is -1.05. The first kappa shape index (κ1) is 14.9. The van der Waals surface area contributed by atoms with Crippen LogP contribution in [0.25, 0.3) is 0 Å². The molecular weight excluding hydrogens is 326 g/mol. The van der Waals surface area contributed by atoms with Crippen LogP contribution in [0.1, 0.15) is 44.6 Å². The Kier molecular flexibility index (Phi) is 4.51. The molecule has 2 atom stereocenters. The second-order valence-electron chi connectivity index (χ2n) is 6.15. The fourth-order valence-corrected chi connectivity index (χ4v) is 4.39. The van der Waals surface area contributed by atoms with E-state index in [2.05, 4.69) is 45.2 Å². The standard InChI is InChI=1S/C17H22BrN3/c1-2-20-14-9-15-4-3-5-16(10-14)21(15)17-8-13(18)7-6-12(17)11-19/h6-8,14-16,20H,2-5,9-10H2,1H3. The Labute approximate surface area is 135 Å². The molecule has 0 spiro atoms. The van der Waals surface area contributed by atoms with E-state index in [1.54, 1.807) is 0 Å². The van der Waals surface area contributed by atoms with Crippen molar-refractivity contribution in [3.63, 3.8) is 0 Å². The number of hydrogen-bond acceptors (Lipinski definition) is 3. The van der Waals surface area contributed by atoms with Crippen molar-refractivity contribution in [1.29, 1.82) is 5.26 Å². The van der Waals surface area contributed by atoms with Crippen LogP contribution < -0.4 is 10.2 Å². The summed E-state index contributed by atoms with van der Waals surface area (Å²) in [6.45, 7) is 3.23. The lowest BCUT2D eigenvalue weighted by molar-refractivity contribution is 0.247. The van der Waals surface area contributed by atoms with Gasteiger partial charge in [-0.1, -0.05) is 22.9 Å². The summed E-state index contributed by atoms with van der Waals surface area (Å²) in [4.78, 5) is 2.54. The van der Waals surface area contributed by atoms with E-state index in [-0.39, 0.29) is 0 Å². The van der Waals surface area contributed by atoms with Crippen LogP contribution >= 0.6 is 15.9 Å². The molecular formula is C17H22BrN3. The Balaban J connectivity index is 1.92. The van der Waals surface area contributed by atoms with Crippen molar-refractivity contribution >= 4 is 21.6 Å². The average molecular weight is 348 g/mol. The van der Waals surface area contributed by atoms with Gasteiger partial charge in [0.25, 0.3) is 0 Å². The minimum atomic E-state index is 0.572. The van der Waals surface area contributed by atoms with Crippen LogP contribution in [0, 0.1) is 11.3 Å². The number of nitrogens with zero attached hydrogens (tertiary/aromatic N) is 2. The zero-order chi connectivity index (χ0) is 14.8. The maximum Gasteiger partial charge on any atom is 0.101 e. The van der Waals surface area contributed by atoms with Crippen LogP contribution in [0.4, 0.5) is 5.69 Å². The van der Waals surface area contributed by atoms with E-state index in [1.165, 1.54) is 32.1 Å². The van der Waals surface area contributed by atoms with Crippen LogP contribution in [-0.2, 0) is 0 Å². The molecule has 0 aromatic heterocycles. The lowest BCUT2D eigenvalue weighted by atomic mass is 9.81. The number of hydrogen-bond donors (Lipinski definition) is 1. The number of nitriles is 1. The number of rotatable bonds is 3. The molecule has 1 N–H and O–H groups in total. The Morgan fingerprint density at radius 3 is 2.67 bits per heavy atom. The monoisotopic (exact) mass is 347 g/mol. The number of nitrogens with one attached hydrogen (secondary N) is 1. The smallest absolute Gasteiger partial charge is 0.101 e. The molecule has 2 aliphatic rings. The third kappa shape index (κ3) is 2.95. The topological polar surface area (TPSA) is 39.1 Å². The van der Waals surface area contributed by atoms with Crippen molar-refractivity contribution in [3.8, 4) is 6.07 Å². The van der Waals surface area contributed by atoms with E-state index < -0.39 is 0 Å². The SMILES string of the molecule is CCNC1CC2CCCC(C1)N2c1cc(Br)ccc1C#N. The molecule has 2 aliphatic heterocycles. The molecule has 3 nitrogen and oxygen atoms in total. The predicted octanol–water partition coefficient (Wildman–Crippen LogP) is 3.82. The van der Waals surface area contributed by atoms with Gasteiger partial charge in [-0.2, -0.15) is 5.26 Å². The number of fused-ring (bicyclic) bond motifs is 2. The minimum Gasteiger partial charge on any atom is -0.364 e. The molecule has 0 amide bonds. The van der Waals surface area contributed by atoms with Crippen molar-refractivity contribution in [1.82, 2.24) is 5.32 Å². The van der Waals surface area contributed by atoms with E-state index in [0.29, 0.717) is 18.1 Å². The number of anilines is 1. The molecule has 0 aliphatic carbocycles. The Bertz CT molecular complexity index is 537. The summed E-state index contributed by atoms with van der Waals surface area (Å²) in [5, 5.41) is 13.1. The van der Waals surface area contributed by atoms with Gasteiger partial charge in [-0.25, -0.2) is 0 Å². The molecule has 2 heterocycles. The summed E-state index contributed by atoms with van der Waals surface area (Å²) in [6, 6.07) is 10.2. The van der Waals surface area contributed by atoms with E-state index >= 15 is 0 Å². The highest BCUT2D eigenvalue weighted by Crippen LogP contribution is 2.39. The molecule has 0 saturated carbocycles. The lowest BCUT2D eigenvalue weighted by Gasteiger charge is -2.50. The van der Waals surface area contributed by atoms with E-state index in [0.717, 1.165) is 22.3 Å². The molecule has 4 heteroatoms. The van der Waals surface area contributed by atoms with Crippen molar-refractivity contribution in [2.45, 2.75) is 57.2 Å². The number of piperidine rings is 2.